The zero-order valence-electron chi connectivity index (χ0n) is 12.7. The number of nitrogens with zero attached hydrogens (tertiary/aromatic N) is 3. The largest absolute Gasteiger partial charge is 0.450 e. The third-order valence-corrected chi connectivity index (χ3v) is 3.56. The monoisotopic (exact) mass is 322 g/mol. The molecule has 1 heterocycles. The van der Waals surface area contributed by atoms with Crippen molar-refractivity contribution < 1.29 is 19.2 Å². The van der Waals surface area contributed by atoms with Gasteiger partial charge < -0.3 is 19.9 Å². The zero-order chi connectivity index (χ0) is 16.8. The lowest BCUT2D eigenvalue weighted by Crippen LogP contribution is -2.49. The van der Waals surface area contributed by atoms with Crippen LogP contribution < -0.4 is 10.2 Å². The number of nitro benzene ring substituents is 1. The molecule has 9 heteroatoms. The van der Waals surface area contributed by atoms with Crippen LogP contribution in [0.1, 0.15) is 6.92 Å². The molecular formula is C14H18N4O5. The summed E-state index contributed by atoms with van der Waals surface area (Å²) in [5, 5.41) is 13.3. The van der Waals surface area contributed by atoms with Crippen LogP contribution in [-0.4, -0.2) is 55.1 Å². The molecule has 0 spiro atoms. The van der Waals surface area contributed by atoms with E-state index in [0.717, 1.165) is 5.69 Å². The van der Waals surface area contributed by atoms with Crippen molar-refractivity contribution in [2.24, 2.45) is 0 Å². The topological polar surface area (TPSA) is 105 Å². The first-order chi connectivity index (χ1) is 11.1. The minimum Gasteiger partial charge on any atom is -0.450 e. The molecule has 0 saturated carbocycles. The number of carbonyl (C=O) groups is 2. The molecule has 1 aliphatic rings. The van der Waals surface area contributed by atoms with Gasteiger partial charge in [0.15, 0.2) is 0 Å². The van der Waals surface area contributed by atoms with Crippen LogP contribution in [0.2, 0.25) is 0 Å². The molecule has 1 fully saturated rings. The summed E-state index contributed by atoms with van der Waals surface area (Å²) in [4.78, 5) is 36.3. The molecule has 1 aliphatic heterocycles. The Morgan fingerprint density at radius 1 is 1.39 bits per heavy atom. The maximum absolute atomic E-state index is 11.7. The number of nitrogens with one attached hydrogen (secondary N) is 1. The number of hydrogen-bond acceptors (Lipinski definition) is 6. The summed E-state index contributed by atoms with van der Waals surface area (Å²) >= 11 is 0. The van der Waals surface area contributed by atoms with Crippen LogP contribution in [0.3, 0.4) is 0 Å². The summed E-state index contributed by atoms with van der Waals surface area (Å²) in [7, 11) is 0. The van der Waals surface area contributed by atoms with Crippen molar-refractivity contribution in [2.75, 3.05) is 43.0 Å². The van der Waals surface area contributed by atoms with E-state index in [9.17, 15) is 19.7 Å². The first-order valence-corrected chi connectivity index (χ1v) is 7.22. The number of ether oxygens (including phenoxy) is 1. The Balaban J connectivity index is 2.08. The SMILES string of the molecule is CCOC(=O)N1CCN(c2ccc([N+](=O)[O-])c(NC=O)c2)CC1. The van der Waals surface area contributed by atoms with Gasteiger partial charge in [0, 0.05) is 37.9 Å². The Bertz CT molecular complexity index is 599. The van der Waals surface area contributed by atoms with E-state index in [-0.39, 0.29) is 17.5 Å². The van der Waals surface area contributed by atoms with Crippen LogP contribution in [0.25, 0.3) is 0 Å². The Hall–Kier alpha value is -2.84. The lowest BCUT2D eigenvalue weighted by molar-refractivity contribution is -0.383. The van der Waals surface area contributed by atoms with Crippen molar-refractivity contribution in [3.8, 4) is 0 Å². The number of carbonyl (C=O) groups excluding carboxylic acids is 2. The molecular weight excluding hydrogens is 304 g/mol. The van der Waals surface area contributed by atoms with E-state index < -0.39 is 4.92 Å². The number of hydrogen-bond donors (Lipinski definition) is 1. The molecule has 9 nitrogen and oxygen atoms in total. The quantitative estimate of drug-likeness (QED) is 0.499. The fourth-order valence-electron chi connectivity index (χ4n) is 2.42. The van der Waals surface area contributed by atoms with Gasteiger partial charge in [-0.05, 0) is 19.1 Å². The van der Waals surface area contributed by atoms with Gasteiger partial charge in [-0.3, -0.25) is 14.9 Å². The van der Waals surface area contributed by atoms with Crippen molar-refractivity contribution >= 4 is 29.6 Å². The van der Waals surface area contributed by atoms with E-state index in [1.165, 1.54) is 6.07 Å². The predicted octanol–water partition coefficient (Wildman–Crippen LogP) is 1.44. The van der Waals surface area contributed by atoms with Crippen LogP contribution >= 0.6 is 0 Å². The maximum atomic E-state index is 11.7. The average Bonchev–Trinajstić information content (AvgIpc) is 2.55. The molecule has 0 bridgehead atoms. The van der Waals surface area contributed by atoms with Gasteiger partial charge in [-0.1, -0.05) is 0 Å². The molecule has 0 unspecified atom stereocenters. The average molecular weight is 322 g/mol. The Morgan fingerprint density at radius 3 is 2.65 bits per heavy atom. The molecule has 124 valence electrons. The van der Waals surface area contributed by atoms with Crippen molar-refractivity contribution in [1.29, 1.82) is 0 Å². The van der Waals surface area contributed by atoms with Gasteiger partial charge in [-0.2, -0.15) is 0 Å². The van der Waals surface area contributed by atoms with Gasteiger partial charge >= 0.3 is 6.09 Å². The van der Waals surface area contributed by atoms with Crippen molar-refractivity contribution in [3.05, 3.63) is 28.3 Å². The molecule has 0 atom stereocenters. The highest BCUT2D eigenvalue weighted by Crippen LogP contribution is 2.29. The summed E-state index contributed by atoms with van der Waals surface area (Å²) in [5.74, 6) is 0. The lowest BCUT2D eigenvalue weighted by atomic mass is 10.2. The summed E-state index contributed by atoms with van der Waals surface area (Å²) in [6, 6.07) is 4.56. The van der Waals surface area contributed by atoms with Gasteiger partial charge in [0.05, 0.1) is 11.5 Å². The highest BCUT2D eigenvalue weighted by molar-refractivity contribution is 5.80. The number of anilines is 2. The fraction of sp³-hybridized carbons (Fsp3) is 0.429. The highest BCUT2D eigenvalue weighted by atomic mass is 16.6. The minimum atomic E-state index is -0.547. The standard InChI is InChI=1S/C14H18N4O5/c1-2-23-14(20)17-7-5-16(6-8-17)11-3-4-13(18(21)22)12(9-11)15-10-19/h3-4,9-10H,2,5-8H2,1H3,(H,15,19). The maximum Gasteiger partial charge on any atom is 0.409 e. The third-order valence-electron chi connectivity index (χ3n) is 3.56. The minimum absolute atomic E-state index is 0.148. The van der Waals surface area contributed by atoms with E-state index in [2.05, 4.69) is 5.32 Å². The highest BCUT2D eigenvalue weighted by Gasteiger charge is 2.23. The predicted molar refractivity (Wildman–Crippen MR) is 83.6 cm³/mol. The molecule has 2 rings (SSSR count). The summed E-state index contributed by atoms with van der Waals surface area (Å²) < 4.78 is 4.96. The molecule has 0 radical (unpaired) electrons. The van der Waals surface area contributed by atoms with Gasteiger partial charge in [-0.25, -0.2) is 4.79 Å². The fourth-order valence-corrected chi connectivity index (χ4v) is 2.42. The van der Waals surface area contributed by atoms with Gasteiger partial charge in [0.25, 0.3) is 5.69 Å². The molecule has 0 aliphatic carbocycles. The van der Waals surface area contributed by atoms with E-state index in [1.54, 1.807) is 24.0 Å². The zero-order valence-corrected chi connectivity index (χ0v) is 12.7. The number of amides is 2. The second-order valence-corrected chi connectivity index (χ2v) is 4.89. The summed E-state index contributed by atoms with van der Waals surface area (Å²) in [5.41, 5.74) is 0.741. The summed E-state index contributed by atoms with van der Waals surface area (Å²) in [6.45, 7) is 4.27. The van der Waals surface area contributed by atoms with Crippen molar-refractivity contribution in [2.45, 2.75) is 6.92 Å². The smallest absolute Gasteiger partial charge is 0.409 e. The Labute approximate surface area is 133 Å². The number of rotatable bonds is 5. The van der Waals surface area contributed by atoms with Crippen LogP contribution in [0, 0.1) is 10.1 Å². The van der Waals surface area contributed by atoms with Gasteiger partial charge in [0.1, 0.15) is 5.69 Å². The van der Waals surface area contributed by atoms with Crippen molar-refractivity contribution in [3.63, 3.8) is 0 Å². The molecule has 1 aromatic rings. The van der Waals surface area contributed by atoms with E-state index >= 15 is 0 Å². The first kappa shape index (κ1) is 16.5. The number of nitro groups is 1. The Morgan fingerprint density at radius 2 is 2.09 bits per heavy atom. The molecule has 23 heavy (non-hydrogen) atoms. The molecule has 1 saturated heterocycles. The van der Waals surface area contributed by atoms with E-state index in [1.807, 2.05) is 4.90 Å². The second kappa shape index (κ2) is 7.43. The normalized spacial score (nSPS) is 14.3. The first-order valence-electron chi connectivity index (χ1n) is 7.22. The van der Waals surface area contributed by atoms with Crippen LogP contribution in [0.15, 0.2) is 18.2 Å². The van der Waals surface area contributed by atoms with Crippen LogP contribution in [-0.2, 0) is 9.53 Å². The van der Waals surface area contributed by atoms with E-state index in [4.69, 9.17) is 4.74 Å². The number of benzene rings is 1. The molecule has 1 N–H and O–H groups in total. The van der Waals surface area contributed by atoms with Gasteiger partial charge in [0.2, 0.25) is 6.41 Å². The lowest BCUT2D eigenvalue weighted by Gasteiger charge is -2.35. The molecule has 0 aromatic heterocycles. The van der Waals surface area contributed by atoms with Crippen molar-refractivity contribution in [1.82, 2.24) is 4.90 Å². The van der Waals surface area contributed by atoms with Gasteiger partial charge in [-0.15, -0.1) is 0 Å². The Kier molecular flexibility index (Phi) is 5.34. The molecule has 2 amide bonds. The van der Waals surface area contributed by atoms with E-state index in [0.29, 0.717) is 39.2 Å². The van der Waals surface area contributed by atoms with Crippen LogP contribution in [0.4, 0.5) is 21.9 Å². The summed E-state index contributed by atoms with van der Waals surface area (Å²) in [6.07, 6.45) is 0.0734. The molecule has 1 aromatic carbocycles. The third kappa shape index (κ3) is 3.87. The number of piperazine rings is 1. The second-order valence-electron chi connectivity index (χ2n) is 4.89. The van der Waals surface area contributed by atoms with Crippen LogP contribution in [0.5, 0.6) is 0 Å².